The van der Waals surface area contributed by atoms with E-state index in [1.807, 2.05) is 36.4 Å². The van der Waals surface area contributed by atoms with E-state index in [2.05, 4.69) is 59.3 Å². The van der Waals surface area contributed by atoms with Crippen molar-refractivity contribution in [2.24, 2.45) is 4.99 Å². The lowest BCUT2D eigenvalue weighted by Crippen LogP contribution is -2.19. The molecule has 29 heavy (non-hydrogen) atoms. The van der Waals surface area contributed by atoms with Crippen LogP contribution in [0.25, 0.3) is 11.3 Å². The number of imidazole rings is 1. The first kappa shape index (κ1) is 17.4. The number of rotatable bonds is 4. The van der Waals surface area contributed by atoms with Crippen LogP contribution in [0.4, 0.5) is 5.95 Å². The normalized spacial score (nSPS) is 15.5. The van der Waals surface area contributed by atoms with Gasteiger partial charge in [-0.05, 0) is 23.3 Å². The maximum Gasteiger partial charge on any atom is 0.230 e. The van der Waals surface area contributed by atoms with Gasteiger partial charge in [-0.1, -0.05) is 72.8 Å². The molecule has 1 aromatic heterocycles. The summed E-state index contributed by atoms with van der Waals surface area (Å²) in [5, 5.41) is 0. The van der Waals surface area contributed by atoms with Crippen molar-refractivity contribution < 1.29 is 4.74 Å². The van der Waals surface area contributed by atoms with Crippen LogP contribution in [-0.4, -0.2) is 22.4 Å². The maximum atomic E-state index is 5.34. The first-order valence-corrected chi connectivity index (χ1v) is 9.73. The predicted octanol–water partition coefficient (Wildman–Crippen LogP) is 5.67. The average molecular weight is 379 g/mol. The molecule has 0 fully saturated rings. The third kappa shape index (κ3) is 3.34. The number of benzene rings is 3. The van der Waals surface area contributed by atoms with Crippen LogP contribution < -0.4 is 4.74 Å². The van der Waals surface area contributed by atoms with E-state index in [0.29, 0.717) is 0 Å². The van der Waals surface area contributed by atoms with Crippen molar-refractivity contribution in [3.63, 3.8) is 0 Å². The van der Waals surface area contributed by atoms with Crippen LogP contribution in [0, 0.1) is 0 Å². The van der Waals surface area contributed by atoms with Crippen molar-refractivity contribution in [3.05, 3.63) is 102 Å². The molecule has 1 aliphatic heterocycles. The van der Waals surface area contributed by atoms with Crippen molar-refractivity contribution in [2.45, 2.75) is 12.5 Å². The quantitative estimate of drug-likeness (QED) is 0.458. The van der Waals surface area contributed by atoms with Crippen LogP contribution in [0.1, 0.15) is 23.6 Å². The van der Waals surface area contributed by atoms with E-state index in [1.54, 1.807) is 7.11 Å². The Morgan fingerprint density at radius 1 is 0.828 bits per heavy atom. The predicted molar refractivity (Wildman–Crippen MR) is 116 cm³/mol. The molecular weight excluding hydrogens is 358 g/mol. The number of nitrogens with zero attached hydrogens (tertiary/aromatic N) is 3. The van der Waals surface area contributed by atoms with Gasteiger partial charge in [-0.25, -0.2) is 9.98 Å². The van der Waals surface area contributed by atoms with E-state index in [0.717, 1.165) is 40.7 Å². The molecule has 142 valence electrons. The molecule has 4 aromatic rings. The smallest absolute Gasteiger partial charge is 0.230 e. The fraction of sp³-hybridized carbons (Fsp3) is 0.120. The highest BCUT2D eigenvalue weighted by Crippen LogP contribution is 2.36. The third-order valence-corrected chi connectivity index (χ3v) is 5.35. The van der Waals surface area contributed by atoms with Gasteiger partial charge in [0.2, 0.25) is 5.95 Å². The molecule has 0 spiro atoms. The van der Waals surface area contributed by atoms with Crippen molar-refractivity contribution >= 4 is 11.7 Å². The van der Waals surface area contributed by atoms with Gasteiger partial charge in [-0.3, -0.25) is 0 Å². The van der Waals surface area contributed by atoms with Crippen molar-refractivity contribution in [3.8, 4) is 17.0 Å². The molecular formula is C25H21N3O. The van der Waals surface area contributed by atoms with Crippen LogP contribution in [0.15, 0.2) is 96.1 Å². The summed E-state index contributed by atoms with van der Waals surface area (Å²) in [5.74, 6) is 1.60. The zero-order chi connectivity index (χ0) is 19.6. The monoisotopic (exact) mass is 379 g/mol. The van der Waals surface area contributed by atoms with E-state index >= 15 is 0 Å². The van der Waals surface area contributed by atoms with Crippen LogP contribution >= 0.6 is 0 Å². The lowest BCUT2D eigenvalue weighted by atomic mass is 9.96. The summed E-state index contributed by atoms with van der Waals surface area (Å²) in [6, 6.07) is 29.0. The second-order valence-electron chi connectivity index (χ2n) is 7.12. The Bertz CT molecular complexity index is 1150. The summed E-state index contributed by atoms with van der Waals surface area (Å²) >= 11 is 0. The number of aliphatic imine (C=N–C) groups is 1. The highest BCUT2D eigenvalue weighted by molar-refractivity contribution is 6.02. The van der Waals surface area contributed by atoms with Gasteiger partial charge in [0, 0.05) is 18.2 Å². The van der Waals surface area contributed by atoms with Gasteiger partial charge in [0.25, 0.3) is 0 Å². The molecule has 5 rings (SSSR count). The van der Waals surface area contributed by atoms with Gasteiger partial charge < -0.3 is 9.30 Å². The van der Waals surface area contributed by atoms with Crippen LogP contribution in [0.2, 0.25) is 0 Å². The Kier molecular flexibility index (Phi) is 4.45. The summed E-state index contributed by atoms with van der Waals surface area (Å²) in [4.78, 5) is 9.77. The number of aromatic nitrogens is 2. The average Bonchev–Trinajstić information content (AvgIpc) is 3.24. The summed E-state index contributed by atoms with van der Waals surface area (Å²) in [6.45, 7) is 0. The van der Waals surface area contributed by atoms with Crippen LogP contribution in [0.3, 0.4) is 0 Å². The van der Waals surface area contributed by atoms with Gasteiger partial charge >= 0.3 is 0 Å². The molecule has 0 amide bonds. The summed E-state index contributed by atoms with van der Waals surface area (Å²) in [6.07, 6.45) is 2.93. The fourth-order valence-electron chi connectivity index (χ4n) is 3.81. The number of hydrogen-bond acceptors (Lipinski definition) is 3. The van der Waals surface area contributed by atoms with Gasteiger partial charge in [-0.15, -0.1) is 0 Å². The molecule has 3 aromatic carbocycles. The molecule has 4 heteroatoms. The van der Waals surface area contributed by atoms with Gasteiger partial charge in [0.1, 0.15) is 5.75 Å². The van der Waals surface area contributed by atoms with E-state index in [4.69, 9.17) is 14.7 Å². The number of fused-ring (bicyclic) bond motifs is 1. The van der Waals surface area contributed by atoms with E-state index in [9.17, 15) is 0 Å². The zero-order valence-corrected chi connectivity index (χ0v) is 16.2. The maximum absolute atomic E-state index is 5.34. The molecule has 0 aliphatic carbocycles. The van der Waals surface area contributed by atoms with Gasteiger partial charge in [0.15, 0.2) is 0 Å². The van der Waals surface area contributed by atoms with Crippen LogP contribution in [0.5, 0.6) is 5.75 Å². The number of methoxy groups -OCH3 is 1. The molecule has 0 saturated carbocycles. The van der Waals surface area contributed by atoms with Crippen molar-refractivity contribution in [1.82, 2.24) is 9.55 Å². The van der Waals surface area contributed by atoms with E-state index in [1.165, 1.54) is 5.56 Å². The first-order valence-electron chi connectivity index (χ1n) is 9.73. The molecule has 0 N–H and O–H groups in total. The van der Waals surface area contributed by atoms with E-state index in [-0.39, 0.29) is 6.04 Å². The summed E-state index contributed by atoms with van der Waals surface area (Å²) < 4.78 is 7.53. The Morgan fingerprint density at radius 3 is 2.14 bits per heavy atom. The highest BCUT2D eigenvalue weighted by Gasteiger charge is 2.26. The lowest BCUT2D eigenvalue weighted by molar-refractivity contribution is 0.414. The Morgan fingerprint density at radius 2 is 1.48 bits per heavy atom. The van der Waals surface area contributed by atoms with Gasteiger partial charge in [-0.2, -0.15) is 0 Å². The number of ether oxygens (including phenoxy) is 1. The molecule has 0 bridgehead atoms. The topological polar surface area (TPSA) is 39.4 Å². The standard InChI is InChI=1S/C25H21N3O/c1-29-21-14-12-20(13-15-21)24-16-22(18-8-4-2-5-9-18)26-25-27-23(17-28(24)25)19-10-6-3-7-11-19/h2-15,17,24H,16H2,1H3. The second-order valence-corrected chi connectivity index (χ2v) is 7.12. The minimum absolute atomic E-state index is 0.133. The largest absolute Gasteiger partial charge is 0.497 e. The Labute approximate surface area is 170 Å². The van der Waals surface area contributed by atoms with Gasteiger partial charge in [0.05, 0.1) is 24.6 Å². The van der Waals surface area contributed by atoms with E-state index < -0.39 is 0 Å². The zero-order valence-electron chi connectivity index (χ0n) is 16.2. The SMILES string of the molecule is COc1ccc(C2CC(c3ccccc3)=Nc3nc(-c4ccccc4)cn32)cc1. The summed E-state index contributed by atoms with van der Waals surface area (Å²) in [5.41, 5.74) is 5.45. The third-order valence-electron chi connectivity index (χ3n) is 5.35. The van der Waals surface area contributed by atoms with Crippen LogP contribution in [-0.2, 0) is 0 Å². The molecule has 2 heterocycles. The molecule has 4 nitrogen and oxygen atoms in total. The highest BCUT2D eigenvalue weighted by atomic mass is 16.5. The minimum Gasteiger partial charge on any atom is -0.497 e. The molecule has 1 aliphatic rings. The minimum atomic E-state index is 0.133. The molecule has 0 saturated heterocycles. The Balaban J connectivity index is 1.62. The summed E-state index contributed by atoms with van der Waals surface area (Å²) in [7, 11) is 1.69. The Hall–Kier alpha value is -3.66. The second kappa shape index (κ2) is 7.40. The lowest BCUT2D eigenvalue weighted by Gasteiger charge is -2.25. The molecule has 0 radical (unpaired) electrons. The van der Waals surface area contributed by atoms with Crippen molar-refractivity contribution in [2.75, 3.05) is 7.11 Å². The number of hydrogen-bond donors (Lipinski definition) is 0. The van der Waals surface area contributed by atoms with Crippen molar-refractivity contribution in [1.29, 1.82) is 0 Å². The first-order chi connectivity index (χ1) is 14.3. The fourth-order valence-corrected chi connectivity index (χ4v) is 3.81. The molecule has 1 atom stereocenters. The molecule has 1 unspecified atom stereocenters.